The molecule has 0 atom stereocenters. The van der Waals surface area contributed by atoms with Gasteiger partial charge in [-0.15, -0.1) is 0 Å². The Balaban J connectivity index is 1.74. The van der Waals surface area contributed by atoms with E-state index in [1.807, 2.05) is 65.5 Å². The Bertz CT molecular complexity index is 1280. The highest BCUT2D eigenvalue weighted by molar-refractivity contribution is 7.94. The number of anilines is 1. The zero-order valence-corrected chi connectivity index (χ0v) is 18.5. The van der Waals surface area contributed by atoms with Crippen molar-refractivity contribution in [3.8, 4) is 28.1 Å². The number of nitrogens with zero attached hydrogens (tertiary/aromatic N) is 3. The average molecular weight is 433 g/mol. The number of pyridine rings is 1. The number of rotatable bonds is 5. The van der Waals surface area contributed by atoms with Crippen molar-refractivity contribution in [2.75, 3.05) is 4.72 Å². The molecule has 7 heteroatoms. The van der Waals surface area contributed by atoms with Crippen molar-refractivity contribution >= 4 is 15.7 Å². The second-order valence-corrected chi connectivity index (χ2v) is 10.6. The van der Waals surface area contributed by atoms with Crippen LogP contribution in [0.4, 0.5) is 5.69 Å². The van der Waals surface area contributed by atoms with Gasteiger partial charge in [0.15, 0.2) is 0 Å². The summed E-state index contributed by atoms with van der Waals surface area (Å²) >= 11 is 0. The Hall–Kier alpha value is -3.45. The first-order valence-corrected chi connectivity index (χ1v) is 11.4. The highest BCUT2D eigenvalue weighted by Gasteiger charge is 2.28. The van der Waals surface area contributed by atoms with Gasteiger partial charge in [-0.25, -0.2) is 13.1 Å². The molecule has 0 aliphatic carbocycles. The van der Waals surface area contributed by atoms with E-state index in [0.717, 1.165) is 28.1 Å². The van der Waals surface area contributed by atoms with E-state index in [-0.39, 0.29) is 0 Å². The average Bonchev–Trinajstić information content (AvgIpc) is 3.20. The molecule has 2 aromatic carbocycles. The van der Waals surface area contributed by atoms with Crippen LogP contribution in [0.25, 0.3) is 28.1 Å². The van der Waals surface area contributed by atoms with E-state index in [2.05, 4.69) is 9.71 Å². The summed E-state index contributed by atoms with van der Waals surface area (Å²) in [5.41, 5.74) is 5.15. The van der Waals surface area contributed by atoms with Gasteiger partial charge in [-0.1, -0.05) is 30.3 Å². The van der Waals surface area contributed by atoms with Crippen molar-refractivity contribution < 1.29 is 8.42 Å². The van der Waals surface area contributed by atoms with E-state index >= 15 is 0 Å². The first-order valence-electron chi connectivity index (χ1n) is 9.93. The Morgan fingerprint density at radius 1 is 0.839 bits per heavy atom. The summed E-state index contributed by atoms with van der Waals surface area (Å²) in [6, 6.07) is 21.1. The third kappa shape index (κ3) is 4.36. The summed E-state index contributed by atoms with van der Waals surface area (Å²) < 4.78 is 28.5. The lowest BCUT2D eigenvalue weighted by molar-refractivity contribution is 0.566. The van der Waals surface area contributed by atoms with Gasteiger partial charge in [-0.2, -0.15) is 5.10 Å². The third-order valence-corrected chi connectivity index (χ3v) is 7.06. The summed E-state index contributed by atoms with van der Waals surface area (Å²) in [4.78, 5) is 4.10. The lowest BCUT2D eigenvalue weighted by Crippen LogP contribution is -2.33. The fraction of sp³-hybridized carbons (Fsp3) is 0.167. The van der Waals surface area contributed by atoms with E-state index in [1.165, 1.54) is 0 Å². The lowest BCUT2D eigenvalue weighted by Gasteiger charge is -2.20. The van der Waals surface area contributed by atoms with E-state index in [9.17, 15) is 8.42 Å². The van der Waals surface area contributed by atoms with Crippen LogP contribution in [0.1, 0.15) is 20.8 Å². The second kappa shape index (κ2) is 8.00. The first-order chi connectivity index (χ1) is 14.7. The van der Waals surface area contributed by atoms with Crippen LogP contribution in [-0.4, -0.2) is 27.9 Å². The number of hydrogen-bond donors (Lipinski definition) is 1. The minimum absolute atomic E-state index is 0.527. The number of sulfonamides is 1. The Kier molecular flexibility index (Phi) is 5.37. The maximum absolute atomic E-state index is 12.4. The van der Waals surface area contributed by atoms with Gasteiger partial charge in [0, 0.05) is 35.4 Å². The molecule has 0 spiro atoms. The predicted octanol–water partition coefficient (Wildman–Crippen LogP) is 5.14. The maximum Gasteiger partial charge on any atom is 0.237 e. The fourth-order valence-corrected chi connectivity index (χ4v) is 3.80. The van der Waals surface area contributed by atoms with Crippen LogP contribution in [0.5, 0.6) is 0 Å². The first kappa shape index (κ1) is 20.8. The molecule has 0 unspecified atom stereocenters. The largest absolute Gasteiger partial charge is 0.283 e. The number of aromatic nitrogens is 3. The van der Waals surface area contributed by atoms with Gasteiger partial charge >= 0.3 is 0 Å². The third-order valence-electron chi connectivity index (χ3n) is 4.94. The Labute approximate surface area is 182 Å². The van der Waals surface area contributed by atoms with Crippen LogP contribution in [-0.2, 0) is 10.0 Å². The van der Waals surface area contributed by atoms with Crippen molar-refractivity contribution in [2.24, 2.45) is 0 Å². The fourth-order valence-electron chi connectivity index (χ4n) is 3.05. The molecule has 4 aromatic rings. The van der Waals surface area contributed by atoms with E-state index in [1.54, 1.807) is 45.3 Å². The van der Waals surface area contributed by atoms with Crippen LogP contribution in [0.3, 0.4) is 0 Å². The molecule has 4 rings (SSSR count). The standard InChI is InChI=1S/C24H24N4O2S/c1-24(2,3)31(29,30)27-20-11-9-18(10-12-20)22-17-28(21-7-5-4-6-8-21)26-23(22)19-13-15-25-16-14-19/h4-17,27H,1-3H3. The van der Waals surface area contributed by atoms with Crippen molar-refractivity contribution in [3.63, 3.8) is 0 Å². The number of benzene rings is 2. The normalized spacial score (nSPS) is 12.0. The Morgan fingerprint density at radius 2 is 1.48 bits per heavy atom. The van der Waals surface area contributed by atoms with Crippen LogP contribution in [0.15, 0.2) is 85.3 Å². The lowest BCUT2D eigenvalue weighted by atomic mass is 10.0. The molecule has 0 aliphatic rings. The molecular weight excluding hydrogens is 408 g/mol. The molecule has 2 aromatic heterocycles. The highest BCUT2D eigenvalue weighted by Crippen LogP contribution is 2.33. The highest BCUT2D eigenvalue weighted by atomic mass is 32.2. The molecule has 2 heterocycles. The van der Waals surface area contributed by atoms with Crippen LogP contribution >= 0.6 is 0 Å². The summed E-state index contributed by atoms with van der Waals surface area (Å²) in [7, 11) is -3.48. The van der Waals surface area contributed by atoms with Gasteiger partial charge in [0.05, 0.1) is 10.4 Å². The van der Waals surface area contributed by atoms with E-state index in [0.29, 0.717) is 5.69 Å². The molecule has 0 saturated heterocycles. The van der Waals surface area contributed by atoms with Gasteiger partial charge in [0.1, 0.15) is 5.69 Å². The molecule has 0 saturated carbocycles. The van der Waals surface area contributed by atoms with Crippen molar-refractivity contribution in [1.82, 2.24) is 14.8 Å². The van der Waals surface area contributed by atoms with E-state index in [4.69, 9.17) is 5.10 Å². The summed E-state index contributed by atoms with van der Waals surface area (Å²) in [5.74, 6) is 0. The molecule has 31 heavy (non-hydrogen) atoms. The topological polar surface area (TPSA) is 76.9 Å². The minimum atomic E-state index is -3.48. The predicted molar refractivity (Wildman–Crippen MR) is 125 cm³/mol. The molecular formula is C24H24N4O2S. The summed E-state index contributed by atoms with van der Waals surface area (Å²) in [6.45, 7) is 5.01. The maximum atomic E-state index is 12.4. The zero-order valence-electron chi connectivity index (χ0n) is 17.6. The van der Waals surface area contributed by atoms with Gasteiger partial charge in [0.25, 0.3) is 0 Å². The zero-order chi connectivity index (χ0) is 22.1. The smallest absolute Gasteiger partial charge is 0.237 e. The van der Waals surface area contributed by atoms with Gasteiger partial charge in [-0.05, 0) is 62.7 Å². The van der Waals surface area contributed by atoms with Gasteiger partial charge in [-0.3, -0.25) is 9.71 Å². The molecule has 6 nitrogen and oxygen atoms in total. The van der Waals surface area contributed by atoms with Crippen molar-refractivity contribution in [3.05, 3.63) is 85.3 Å². The van der Waals surface area contributed by atoms with Gasteiger partial charge < -0.3 is 0 Å². The van der Waals surface area contributed by atoms with E-state index < -0.39 is 14.8 Å². The van der Waals surface area contributed by atoms with Crippen molar-refractivity contribution in [2.45, 2.75) is 25.5 Å². The van der Waals surface area contributed by atoms with Crippen molar-refractivity contribution in [1.29, 1.82) is 0 Å². The molecule has 0 fully saturated rings. The SMILES string of the molecule is CC(C)(C)S(=O)(=O)Nc1ccc(-c2cn(-c3ccccc3)nc2-c2ccncc2)cc1. The number of para-hydroxylation sites is 1. The second-order valence-electron chi connectivity index (χ2n) is 8.20. The quantitative estimate of drug-likeness (QED) is 0.474. The molecule has 1 N–H and O–H groups in total. The molecule has 158 valence electrons. The molecule has 0 aliphatic heterocycles. The molecule has 0 bridgehead atoms. The minimum Gasteiger partial charge on any atom is -0.283 e. The van der Waals surface area contributed by atoms with Gasteiger partial charge in [0.2, 0.25) is 10.0 Å². The number of hydrogen-bond acceptors (Lipinski definition) is 4. The van der Waals surface area contributed by atoms with Crippen LogP contribution < -0.4 is 4.72 Å². The van der Waals surface area contributed by atoms with Crippen LogP contribution in [0, 0.1) is 0 Å². The summed E-state index contributed by atoms with van der Waals surface area (Å²) in [6.07, 6.45) is 5.47. The Morgan fingerprint density at radius 3 is 2.10 bits per heavy atom. The molecule has 0 amide bonds. The number of nitrogens with one attached hydrogen (secondary N) is 1. The van der Waals surface area contributed by atoms with Crippen LogP contribution in [0.2, 0.25) is 0 Å². The monoisotopic (exact) mass is 432 g/mol. The molecule has 0 radical (unpaired) electrons. The summed E-state index contributed by atoms with van der Waals surface area (Å²) in [5, 5.41) is 4.82.